The number of rotatable bonds is 63. The zero-order valence-corrected chi connectivity index (χ0v) is 57.9. The molecule has 0 aliphatic rings. The molecule has 0 aliphatic heterocycles. The Morgan fingerprint density at radius 1 is 0.414 bits per heavy atom. The molecule has 498 valence electrons. The number of allylic oxidation sites excluding steroid dienone is 21. The molecule has 3 atom stereocenters. The largest absolute Gasteiger partial charge is 0.472 e. The Hall–Kier alpha value is -3.85. The van der Waals surface area contributed by atoms with Crippen LogP contribution in [-0.2, 0) is 27.9 Å². The molecule has 9 nitrogen and oxygen atoms in total. The molecule has 3 unspecified atom stereocenters. The van der Waals surface area contributed by atoms with Crippen molar-refractivity contribution in [2.45, 2.75) is 303 Å². The van der Waals surface area contributed by atoms with Crippen LogP contribution >= 0.6 is 7.82 Å². The number of likely N-dealkylation sites (N-methyl/N-ethyl adjacent to an activating group) is 1. The minimum atomic E-state index is -4.47. The summed E-state index contributed by atoms with van der Waals surface area (Å²) in [5.74, 6) is -0.532. The van der Waals surface area contributed by atoms with E-state index in [1.54, 1.807) is 0 Å². The van der Waals surface area contributed by atoms with Crippen LogP contribution in [0.5, 0.6) is 0 Å². The number of carbonyl (C=O) groups is 2. The van der Waals surface area contributed by atoms with E-state index in [0.29, 0.717) is 17.4 Å². The van der Waals surface area contributed by atoms with Gasteiger partial charge >= 0.3 is 13.8 Å². The van der Waals surface area contributed by atoms with Crippen LogP contribution in [0.15, 0.2) is 134 Å². The van der Waals surface area contributed by atoms with Gasteiger partial charge in [0.15, 0.2) is 0 Å². The van der Waals surface area contributed by atoms with Crippen molar-refractivity contribution in [2.24, 2.45) is 0 Å². The Morgan fingerprint density at radius 2 is 0.736 bits per heavy atom. The highest BCUT2D eigenvalue weighted by atomic mass is 31.2. The fraction of sp³-hybridized carbons (Fsp3) is 0.688. The number of quaternary nitrogens is 1. The molecule has 0 aromatic carbocycles. The molecular formula is C77H134N2O7P+. The number of phosphoric ester groups is 1. The molecule has 10 heteroatoms. The average molecular weight is 1230 g/mol. The van der Waals surface area contributed by atoms with E-state index in [9.17, 15) is 19.0 Å². The summed E-state index contributed by atoms with van der Waals surface area (Å²) < 4.78 is 30.8. The number of carbonyl (C=O) groups excluding carboxylic acids is 2. The Bertz CT molecular complexity index is 1950. The standard InChI is InChI=1S/C77H133N2O7P/c1-7-10-13-16-19-22-25-27-29-31-33-35-37-38-39-40-42-43-45-47-49-51-54-57-60-63-66-69-76(80)78-74(73-85-87(82,83)84-72-71-79(4,5)6)75(68-65-62-59-56-53-24-21-18-15-12-9-3)86-77(81)70-67-64-61-58-55-52-50-48-46-44-41-36-34-32-30-28-26-23-20-17-14-11-8-2/h10,13,19-20,22-23,27-30,33-36,38-39,42-44,46,65,68,74-75H,7-9,11-12,14-18,21,24-26,31-32,37,40-41,45,47-64,66-67,69-73H2,1-6H3,(H-,78,80,82,83)/p+1/b13-10-,22-19-,23-20-,29-27-,30-28-,35-33-,36-34-,39-38-,43-42-,46-44-,68-65-. The van der Waals surface area contributed by atoms with Crippen LogP contribution in [0.1, 0.15) is 290 Å². The molecule has 0 bridgehead atoms. The number of hydrogen-bond acceptors (Lipinski definition) is 6. The summed E-state index contributed by atoms with van der Waals surface area (Å²) in [5.41, 5.74) is 0. The van der Waals surface area contributed by atoms with Crippen molar-refractivity contribution in [1.82, 2.24) is 5.32 Å². The van der Waals surface area contributed by atoms with Crippen LogP contribution < -0.4 is 5.32 Å². The van der Waals surface area contributed by atoms with Crippen molar-refractivity contribution in [3.05, 3.63) is 134 Å². The number of amides is 1. The molecule has 0 aromatic rings. The summed E-state index contributed by atoms with van der Waals surface area (Å²) in [7, 11) is 1.47. The van der Waals surface area contributed by atoms with Gasteiger partial charge in [0.25, 0.3) is 0 Å². The number of hydrogen-bond donors (Lipinski definition) is 2. The van der Waals surface area contributed by atoms with E-state index >= 15 is 0 Å². The van der Waals surface area contributed by atoms with E-state index in [4.69, 9.17) is 13.8 Å². The molecule has 0 aliphatic carbocycles. The van der Waals surface area contributed by atoms with Crippen LogP contribution in [0.25, 0.3) is 0 Å². The van der Waals surface area contributed by atoms with E-state index in [1.807, 2.05) is 33.3 Å². The molecule has 0 saturated heterocycles. The molecule has 1 amide bonds. The molecule has 0 saturated carbocycles. The third kappa shape index (κ3) is 66.4. The van der Waals surface area contributed by atoms with Crippen LogP contribution in [0, 0.1) is 0 Å². The summed E-state index contributed by atoms with van der Waals surface area (Å²) in [5, 5.41) is 3.06. The third-order valence-electron chi connectivity index (χ3n) is 15.1. The Labute approximate surface area is 536 Å². The van der Waals surface area contributed by atoms with E-state index in [-0.39, 0.29) is 31.5 Å². The summed E-state index contributed by atoms with van der Waals surface area (Å²) in [6.45, 7) is 6.85. The van der Waals surface area contributed by atoms with Gasteiger partial charge in [0, 0.05) is 12.8 Å². The normalized spacial score (nSPS) is 14.3. The molecule has 0 rings (SSSR count). The van der Waals surface area contributed by atoms with Crippen molar-refractivity contribution in [3.63, 3.8) is 0 Å². The van der Waals surface area contributed by atoms with Gasteiger partial charge in [0.2, 0.25) is 5.91 Å². The summed E-state index contributed by atoms with van der Waals surface area (Å²) in [4.78, 5) is 37.9. The molecule has 0 radical (unpaired) electrons. The summed E-state index contributed by atoms with van der Waals surface area (Å²) in [6.07, 6.45) is 93.1. The number of nitrogens with one attached hydrogen (secondary N) is 1. The quantitative estimate of drug-likeness (QED) is 0.0205. The lowest BCUT2D eigenvalue weighted by atomic mass is 10.0. The second-order valence-corrected chi connectivity index (χ2v) is 26.1. The Balaban J connectivity index is 5.09. The lowest BCUT2D eigenvalue weighted by molar-refractivity contribution is -0.870. The van der Waals surface area contributed by atoms with Gasteiger partial charge < -0.3 is 19.4 Å². The van der Waals surface area contributed by atoms with Gasteiger partial charge in [-0.25, -0.2) is 4.57 Å². The molecule has 87 heavy (non-hydrogen) atoms. The molecule has 0 heterocycles. The Kier molecular flexibility index (Phi) is 62.2. The zero-order valence-electron chi connectivity index (χ0n) is 57.0. The second-order valence-electron chi connectivity index (χ2n) is 24.7. The molecular weight excluding hydrogens is 1100 g/mol. The third-order valence-corrected chi connectivity index (χ3v) is 16.1. The fourth-order valence-electron chi connectivity index (χ4n) is 9.63. The van der Waals surface area contributed by atoms with Crippen LogP contribution in [-0.4, -0.2) is 74.3 Å². The topological polar surface area (TPSA) is 111 Å². The summed E-state index contributed by atoms with van der Waals surface area (Å²) >= 11 is 0. The van der Waals surface area contributed by atoms with Crippen molar-refractivity contribution in [1.29, 1.82) is 0 Å². The van der Waals surface area contributed by atoms with Crippen molar-refractivity contribution < 1.29 is 37.3 Å². The van der Waals surface area contributed by atoms with Gasteiger partial charge in [-0.1, -0.05) is 283 Å². The number of unbranched alkanes of at least 4 members (excludes halogenated alkanes) is 27. The first-order chi connectivity index (χ1) is 42.4. The second kappa shape index (κ2) is 65.1. The molecule has 0 fully saturated rings. The zero-order chi connectivity index (χ0) is 63.5. The molecule has 2 N–H and O–H groups in total. The lowest BCUT2D eigenvalue weighted by Crippen LogP contribution is -2.47. The predicted molar refractivity (Wildman–Crippen MR) is 378 cm³/mol. The molecule has 0 spiro atoms. The highest BCUT2D eigenvalue weighted by Crippen LogP contribution is 2.43. The van der Waals surface area contributed by atoms with Crippen molar-refractivity contribution >= 4 is 19.7 Å². The maximum Gasteiger partial charge on any atom is 0.472 e. The lowest BCUT2D eigenvalue weighted by Gasteiger charge is -2.27. The minimum absolute atomic E-state index is 0.0296. The fourth-order valence-corrected chi connectivity index (χ4v) is 10.4. The van der Waals surface area contributed by atoms with Gasteiger partial charge in [-0.15, -0.1) is 0 Å². The Morgan fingerprint density at radius 3 is 1.13 bits per heavy atom. The summed E-state index contributed by atoms with van der Waals surface area (Å²) in [6, 6.07) is -0.868. The smallest absolute Gasteiger partial charge is 0.456 e. The van der Waals surface area contributed by atoms with E-state index < -0.39 is 20.0 Å². The monoisotopic (exact) mass is 1230 g/mol. The van der Waals surface area contributed by atoms with Crippen molar-refractivity contribution in [3.8, 4) is 0 Å². The first-order valence-corrected chi connectivity index (χ1v) is 37.0. The highest BCUT2D eigenvalue weighted by molar-refractivity contribution is 7.47. The first kappa shape index (κ1) is 83.2. The first-order valence-electron chi connectivity index (χ1n) is 35.5. The number of phosphoric acid groups is 1. The van der Waals surface area contributed by atoms with E-state index in [0.717, 1.165) is 141 Å². The van der Waals surface area contributed by atoms with Gasteiger partial charge in [0.1, 0.15) is 19.3 Å². The maximum atomic E-state index is 13.6. The van der Waals surface area contributed by atoms with Crippen molar-refractivity contribution in [2.75, 3.05) is 40.9 Å². The average Bonchev–Trinajstić information content (AvgIpc) is 3.70. The maximum absolute atomic E-state index is 13.6. The SMILES string of the molecule is CC/C=C\C/C=C\C/C=C\C/C=C\C/C=C\C/C=C\CCCCCCCCCCC(=O)NC(COP(=O)(O)OCC[N+](C)(C)C)C(/C=C\CCCCCCCCCCC)OC(=O)CCCCCCCCC/C=C\C/C=C\C/C=C\C/C=C\CCCCC. The number of esters is 1. The van der Waals surface area contributed by atoms with E-state index in [2.05, 4.69) is 148 Å². The van der Waals surface area contributed by atoms with Crippen LogP contribution in [0.2, 0.25) is 0 Å². The van der Waals surface area contributed by atoms with Crippen LogP contribution in [0.4, 0.5) is 0 Å². The van der Waals surface area contributed by atoms with Gasteiger partial charge in [-0.2, -0.15) is 0 Å². The minimum Gasteiger partial charge on any atom is -0.456 e. The predicted octanol–water partition coefficient (Wildman–Crippen LogP) is 22.8. The number of nitrogens with zero attached hydrogens (tertiary/aromatic N) is 1. The molecule has 0 aromatic heterocycles. The van der Waals surface area contributed by atoms with Gasteiger partial charge in [-0.05, 0) is 128 Å². The van der Waals surface area contributed by atoms with Crippen LogP contribution in [0.3, 0.4) is 0 Å². The van der Waals surface area contributed by atoms with Gasteiger partial charge in [-0.3, -0.25) is 18.6 Å². The van der Waals surface area contributed by atoms with E-state index in [1.165, 1.54) is 116 Å². The highest BCUT2D eigenvalue weighted by Gasteiger charge is 2.30. The van der Waals surface area contributed by atoms with Gasteiger partial charge in [0.05, 0.1) is 33.8 Å². The number of ether oxygens (including phenoxy) is 1.